The summed E-state index contributed by atoms with van der Waals surface area (Å²) in [5.41, 5.74) is 0.765. The topological polar surface area (TPSA) is 94.9 Å². The molecular weight excluding hydrogens is 514 g/mol. The summed E-state index contributed by atoms with van der Waals surface area (Å²) >= 11 is 9.88. The number of fused-ring (bicyclic) bond motifs is 2. The van der Waals surface area contributed by atoms with Crippen LogP contribution in [0.15, 0.2) is 73.8 Å². The number of aromatic nitrogens is 2. The molecule has 8 nitrogen and oxygen atoms in total. The van der Waals surface area contributed by atoms with Crippen molar-refractivity contribution in [2.45, 2.75) is 6.61 Å². The predicted octanol–water partition coefficient (Wildman–Crippen LogP) is 4.30. The van der Waals surface area contributed by atoms with E-state index >= 15 is 0 Å². The third kappa shape index (κ3) is 4.24. The highest BCUT2D eigenvalue weighted by Crippen LogP contribution is 2.36. The van der Waals surface area contributed by atoms with E-state index in [2.05, 4.69) is 26.0 Å². The van der Waals surface area contributed by atoms with Crippen molar-refractivity contribution in [2.24, 2.45) is 5.10 Å². The molecule has 1 aliphatic rings. The summed E-state index contributed by atoms with van der Waals surface area (Å²) in [6.45, 7) is 0.474. The zero-order valence-corrected chi connectivity index (χ0v) is 19.2. The normalized spacial score (nSPS) is 12.5. The largest absolute Gasteiger partial charge is 0.486 e. The second-order valence-corrected chi connectivity index (χ2v) is 8.39. The maximum Gasteiger partial charge on any atom is 0.349 e. The Morgan fingerprint density at radius 2 is 1.94 bits per heavy atom. The maximum atomic E-state index is 12.6. The van der Waals surface area contributed by atoms with Crippen LogP contribution in [0.4, 0.5) is 0 Å². The Kier molecular flexibility index (Phi) is 5.65. The summed E-state index contributed by atoms with van der Waals surface area (Å²) < 4.78 is 17.9. The molecule has 4 aromatic rings. The van der Waals surface area contributed by atoms with Crippen molar-refractivity contribution in [1.29, 1.82) is 0 Å². The molecule has 0 spiro atoms. The maximum absolute atomic E-state index is 12.6. The van der Waals surface area contributed by atoms with E-state index in [0.29, 0.717) is 43.2 Å². The van der Waals surface area contributed by atoms with Gasteiger partial charge in [-0.3, -0.25) is 4.79 Å². The van der Waals surface area contributed by atoms with Gasteiger partial charge in [0.25, 0.3) is 5.56 Å². The van der Waals surface area contributed by atoms with Crippen molar-refractivity contribution in [2.75, 3.05) is 6.79 Å². The van der Waals surface area contributed by atoms with Crippen molar-refractivity contribution < 1.29 is 14.2 Å². The fourth-order valence-electron chi connectivity index (χ4n) is 3.36. The van der Waals surface area contributed by atoms with E-state index in [1.165, 1.54) is 6.21 Å². The van der Waals surface area contributed by atoms with E-state index in [1.54, 1.807) is 36.4 Å². The van der Waals surface area contributed by atoms with Gasteiger partial charge in [0.15, 0.2) is 17.2 Å². The third-order valence-electron chi connectivity index (χ3n) is 4.95. The van der Waals surface area contributed by atoms with Gasteiger partial charge in [-0.1, -0.05) is 29.8 Å². The number of ether oxygens (including phenoxy) is 3. The van der Waals surface area contributed by atoms with Gasteiger partial charge in [-0.05, 0) is 63.5 Å². The zero-order valence-electron chi connectivity index (χ0n) is 16.9. The number of H-pyrrole nitrogens is 1. The number of hydrogen-bond acceptors (Lipinski definition) is 6. The van der Waals surface area contributed by atoms with Gasteiger partial charge in [-0.2, -0.15) is 5.10 Å². The number of halogens is 2. The van der Waals surface area contributed by atoms with E-state index in [1.807, 2.05) is 18.2 Å². The Balaban J connectivity index is 1.38. The summed E-state index contributed by atoms with van der Waals surface area (Å²) in [5, 5.41) is 4.75. The van der Waals surface area contributed by atoms with Crippen molar-refractivity contribution in [3.63, 3.8) is 0 Å². The Morgan fingerprint density at radius 1 is 1.12 bits per heavy atom. The average Bonchev–Trinajstić information content (AvgIpc) is 3.26. The Bertz CT molecular complexity index is 1510. The van der Waals surface area contributed by atoms with Crippen LogP contribution in [0.1, 0.15) is 11.1 Å². The van der Waals surface area contributed by atoms with Crippen molar-refractivity contribution in [1.82, 2.24) is 9.66 Å². The van der Waals surface area contributed by atoms with Gasteiger partial charge in [0.05, 0.1) is 26.6 Å². The van der Waals surface area contributed by atoms with E-state index in [-0.39, 0.29) is 13.4 Å². The molecule has 10 heteroatoms. The minimum Gasteiger partial charge on any atom is -0.486 e. The van der Waals surface area contributed by atoms with Crippen LogP contribution in [-0.4, -0.2) is 22.7 Å². The van der Waals surface area contributed by atoms with Crippen molar-refractivity contribution in [3.05, 3.63) is 96.1 Å². The molecule has 0 atom stereocenters. The van der Waals surface area contributed by atoms with Crippen molar-refractivity contribution >= 4 is 44.6 Å². The SMILES string of the molecule is O=c1[nH]c2ccccc2c(=O)n1N=Cc1cc(Cl)c(OCc2ccc3c(c2)OCO3)c(Br)c1. The summed E-state index contributed by atoms with van der Waals surface area (Å²) in [5.74, 6) is 1.82. The zero-order chi connectivity index (χ0) is 22.9. The van der Waals surface area contributed by atoms with Crippen LogP contribution >= 0.6 is 27.5 Å². The first-order valence-corrected chi connectivity index (χ1v) is 11.0. The fraction of sp³-hybridized carbons (Fsp3) is 0.0870. The lowest BCUT2D eigenvalue weighted by atomic mass is 10.2. The third-order valence-corrected chi connectivity index (χ3v) is 5.82. The molecule has 33 heavy (non-hydrogen) atoms. The quantitative estimate of drug-likeness (QED) is 0.390. The average molecular weight is 529 g/mol. The van der Waals surface area contributed by atoms with E-state index in [9.17, 15) is 9.59 Å². The van der Waals surface area contributed by atoms with Crippen LogP contribution in [-0.2, 0) is 6.61 Å². The smallest absolute Gasteiger partial charge is 0.349 e. The highest BCUT2D eigenvalue weighted by Gasteiger charge is 2.15. The van der Waals surface area contributed by atoms with Gasteiger partial charge in [-0.15, -0.1) is 4.68 Å². The number of nitrogens with zero attached hydrogens (tertiary/aromatic N) is 2. The van der Waals surface area contributed by atoms with Crippen LogP contribution in [0.25, 0.3) is 10.9 Å². The molecule has 166 valence electrons. The lowest BCUT2D eigenvalue weighted by molar-refractivity contribution is 0.174. The number of hydrogen-bond donors (Lipinski definition) is 1. The number of benzene rings is 3. The number of para-hydroxylation sites is 1. The molecule has 0 radical (unpaired) electrons. The number of nitrogens with one attached hydrogen (secondary N) is 1. The molecule has 0 saturated carbocycles. The Morgan fingerprint density at radius 3 is 2.79 bits per heavy atom. The molecule has 0 bridgehead atoms. The second-order valence-electron chi connectivity index (χ2n) is 7.13. The number of rotatable bonds is 5. The van der Waals surface area contributed by atoms with Crippen LogP contribution in [0.2, 0.25) is 5.02 Å². The van der Waals surface area contributed by atoms with Crippen LogP contribution in [0.3, 0.4) is 0 Å². The Hall–Kier alpha value is -3.56. The molecule has 0 aliphatic carbocycles. The summed E-state index contributed by atoms with van der Waals surface area (Å²) in [7, 11) is 0. The van der Waals surface area contributed by atoms with Crippen molar-refractivity contribution in [3.8, 4) is 17.2 Å². The van der Waals surface area contributed by atoms with Crippen LogP contribution < -0.4 is 25.5 Å². The molecule has 5 rings (SSSR count). The van der Waals surface area contributed by atoms with Gasteiger partial charge < -0.3 is 19.2 Å². The van der Waals surface area contributed by atoms with E-state index in [0.717, 1.165) is 10.2 Å². The highest BCUT2D eigenvalue weighted by molar-refractivity contribution is 9.10. The van der Waals surface area contributed by atoms with E-state index < -0.39 is 11.2 Å². The molecule has 0 saturated heterocycles. The summed E-state index contributed by atoms with van der Waals surface area (Å²) in [6.07, 6.45) is 1.38. The van der Waals surface area contributed by atoms with Gasteiger partial charge in [-0.25, -0.2) is 4.79 Å². The van der Waals surface area contributed by atoms with E-state index in [4.69, 9.17) is 25.8 Å². The molecule has 1 N–H and O–H groups in total. The highest BCUT2D eigenvalue weighted by atomic mass is 79.9. The summed E-state index contributed by atoms with van der Waals surface area (Å²) in [6, 6.07) is 15.7. The molecule has 1 aromatic heterocycles. The van der Waals surface area contributed by atoms with Crippen LogP contribution in [0, 0.1) is 0 Å². The minimum atomic E-state index is -0.635. The molecule has 0 fully saturated rings. The fourth-order valence-corrected chi connectivity index (χ4v) is 4.35. The lowest BCUT2D eigenvalue weighted by Crippen LogP contribution is -2.32. The van der Waals surface area contributed by atoms with Gasteiger partial charge in [0, 0.05) is 0 Å². The first-order valence-electron chi connectivity index (χ1n) is 9.78. The van der Waals surface area contributed by atoms with Gasteiger partial charge in [0.2, 0.25) is 6.79 Å². The monoisotopic (exact) mass is 527 g/mol. The van der Waals surface area contributed by atoms with Gasteiger partial charge in [0.1, 0.15) is 6.61 Å². The molecule has 0 amide bonds. The predicted molar refractivity (Wildman–Crippen MR) is 128 cm³/mol. The first-order chi connectivity index (χ1) is 16.0. The second kappa shape index (κ2) is 8.76. The minimum absolute atomic E-state index is 0.206. The molecule has 2 heterocycles. The Labute approximate surface area is 200 Å². The molecule has 3 aromatic carbocycles. The number of aromatic amines is 1. The molecule has 0 unspecified atom stereocenters. The molecular formula is C23H15BrClN3O5. The lowest BCUT2D eigenvalue weighted by Gasteiger charge is -2.11. The van der Waals surface area contributed by atoms with Gasteiger partial charge >= 0.3 is 5.69 Å². The first kappa shape index (κ1) is 21.3. The molecule has 1 aliphatic heterocycles. The van der Waals surface area contributed by atoms with Crippen LogP contribution in [0.5, 0.6) is 17.2 Å². The summed E-state index contributed by atoms with van der Waals surface area (Å²) in [4.78, 5) is 27.5. The standard InChI is InChI=1S/C23H15BrClN3O5/c24-16-7-14(10-26-28-22(29)15-3-1-2-4-18(15)27-23(28)30)8-17(25)21(16)31-11-13-5-6-19-20(9-13)33-12-32-19/h1-10H,11-12H2,(H,27,30).